The number of carbonyl (C=O) groups is 2. The van der Waals surface area contributed by atoms with E-state index in [1.807, 2.05) is 0 Å². The fourth-order valence-corrected chi connectivity index (χ4v) is 2.72. The first-order valence-electron chi connectivity index (χ1n) is 8.75. The summed E-state index contributed by atoms with van der Waals surface area (Å²) in [4.78, 5) is 26.0. The molecule has 0 spiro atoms. The molecule has 1 aromatic carbocycles. The summed E-state index contributed by atoms with van der Waals surface area (Å²) in [7, 11) is 0. The molecule has 2 N–H and O–H groups in total. The predicted octanol–water partition coefficient (Wildman–Crippen LogP) is 1.17. The number of hydrogen-bond acceptors (Lipinski definition) is 4. The van der Waals surface area contributed by atoms with Gasteiger partial charge in [-0.1, -0.05) is 6.92 Å². The molecular weight excluding hydrogens is 344 g/mol. The second kappa shape index (κ2) is 10.2. The van der Waals surface area contributed by atoms with Gasteiger partial charge in [-0.2, -0.15) is 0 Å². The Bertz CT molecular complexity index is 622. The summed E-state index contributed by atoms with van der Waals surface area (Å²) in [6.07, 6.45) is 0.0961. The fraction of sp³-hybridized carbons (Fsp3) is 0.556. The SMILES string of the molecule is CC(CNC(=O)CCNC(=O)c1ccc(F)cc1F)CN1CCOCC1. The molecule has 2 amide bonds. The fourth-order valence-electron chi connectivity index (χ4n) is 2.72. The lowest BCUT2D eigenvalue weighted by Gasteiger charge is -2.29. The van der Waals surface area contributed by atoms with Crippen LogP contribution in [0, 0.1) is 17.6 Å². The number of carbonyl (C=O) groups excluding carboxylic acids is 2. The van der Waals surface area contributed by atoms with Crippen LogP contribution in [-0.2, 0) is 9.53 Å². The van der Waals surface area contributed by atoms with Gasteiger partial charge in [0.2, 0.25) is 5.91 Å². The highest BCUT2D eigenvalue weighted by Gasteiger charge is 2.15. The Balaban J connectivity index is 1.62. The number of nitrogens with zero attached hydrogens (tertiary/aromatic N) is 1. The molecule has 1 fully saturated rings. The van der Waals surface area contributed by atoms with E-state index in [9.17, 15) is 18.4 Å². The van der Waals surface area contributed by atoms with Gasteiger partial charge in [0.15, 0.2) is 0 Å². The van der Waals surface area contributed by atoms with Crippen LogP contribution < -0.4 is 10.6 Å². The van der Waals surface area contributed by atoms with E-state index in [4.69, 9.17) is 4.74 Å². The highest BCUT2D eigenvalue weighted by atomic mass is 19.1. The van der Waals surface area contributed by atoms with Crippen LogP contribution in [-0.4, -0.2) is 62.7 Å². The standard InChI is InChI=1S/C18H25F2N3O3/c1-13(12-23-6-8-26-9-7-23)11-22-17(24)4-5-21-18(25)15-3-2-14(19)10-16(15)20/h2-3,10,13H,4-9,11-12H2,1H3,(H,21,25)(H,22,24). The molecule has 2 rings (SSSR count). The molecule has 6 nitrogen and oxygen atoms in total. The van der Waals surface area contributed by atoms with Crippen LogP contribution in [0.25, 0.3) is 0 Å². The number of nitrogens with one attached hydrogen (secondary N) is 2. The van der Waals surface area contributed by atoms with Crippen LogP contribution in [0.5, 0.6) is 0 Å². The number of rotatable bonds is 8. The molecule has 8 heteroatoms. The molecule has 0 bridgehead atoms. The lowest BCUT2D eigenvalue weighted by Crippen LogP contribution is -2.41. The number of hydrogen-bond donors (Lipinski definition) is 2. The minimum atomic E-state index is -0.927. The number of morpholine rings is 1. The molecule has 1 aliphatic heterocycles. The van der Waals surface area contributed by atoms with Crippen LogP contribution >= 0.6 is 0 Å². The topological polar surface area (TPSA) is 70.7 Å². The zero-order valence-corrected chi connectivity index (χ0v) is 14.9. The zero-order chi connectivity index (χ0) is 18.9. The van der Waals surface area contributed by atoms with Gasteiger partial charge in [-0.05, 0) is 18.1 Å². The first-order valence-corrected chi connectivity index (χ1v) is 8.75. The molecule has 0 radical (unpaired) electrons. The van der Waals surface area contributed by atoms with Gasteiger partial charge in [-0.15, -0.1) is 0 Å². The third-order valence-corrected chi connectivity index (χ3v) is 4.13. The van der Waals surface area contributed by atoms with Gasteiger partial charge in [0.05, 0.1) is 18.8 Å². The second-order valence-electron chi connectivity index (χ2n) is 6.45. The van der Waals surface area contributed by atoms with Crippen molar-refractivity contribution in [2.75, 3.05) is 45.9 Å². The van der Waals surface area contributed by atoms with E-state index in [0.29, 0.717) is 18.5 Å². The predicted molar refractivity (Wildman–Crippen MR) is 92.7 cm³/mol. The number of amides is 2. The lowest BCUT2D eigenvalue weighted by atomic mass is 10.1. The van der Waals surface area contributed by atoms with Crippen LogP contribution in [0.2, 0.25) is 0 Å². The third-order valence-electron chi connectivity index (χ3n) is 4.13. The molecule has 1 saturated heterocycles. The van der Waals surface area contributed by atoms with Gasteiger partial charge in [-0.3, -0.25) is 14.5 Å². The molecule has 1 aromatic rings. The molecule has 26 heavy (non-hydrogen) atoms. The summed E-state index contributed by atoms with van der Waals surface area (Å²) in [5.74, 6) is -2.22. The number of ether oxygens (including phenoxy) is 1. The van der Waals surface area contributed by atoms with Crippen LogP contribution in [0.4, 0.5) is 8.78 Å². The quantitative estimate of drug-likeness (QED) is 0.722. The first kappa shape index (κ1) is 20.3. The summed E-state index contributed by atoms with van der Waals surface area (Å²) in [6.45, 7) is 6.89. The van der Waals surface area contributed by atoms with Crippen LogP contribution in [0.3, 0.4) is 0 Å². The number of halogens is 2. The first-order chi connectivity index (χ1) is 12.5. The Morgan fingerprint density at radius 2 is 1.96 bits per heavy atom. The van der Waals surface area contributed by atoms with Gasteiger partial charge < -0.3 is 15.4 Å². The summed E-state index contributed by atoms with van der Waals surface area (Å²) in [5.41, 5.74) is -0.244. The van der Waals surface area contributed by atoms with Crippen molar-refractivity contribution in [2.24, 2.45) is 5.92 Å². The average Bonchev–Trinajstić information content (AvgIpc) is 2.60. The largest absolute Gasteiger partial charge is 0.379 e. The monoisotopic (exact) mass is 369 g/mol. The van der Waals surface area contributed by atoms with Gasteiger partial charge in [0.25, 0.3) is 5.91 Å². The van der Waals surface area contributed by atoms with Crippen molar-refractivity contribution in [3.63, 3.8) is 0 Å². The van der Waals surface area contributed by atoms with E-state index in [2.05, 4.69) is 22.5 Å². The molecule has 1 unspecified atom stereocenters. The minimum absolute atomic E-state index is 0.0827. The Morgan fingerprint density at radius 3 is 2.65 bits per heavy atom. The van der Waals surface area contributed by atoms with Crippen molar-refractivity contribution in [3.05, 3.63) is 35.4 Å². The number of benzene rings is 1. The van der Waals surface area contributed by atoms with Crippen molar-refractivity contribution in [1.29, 1.82) is 0 Å². The molecule has 0 aromatic heterocycles. The molecular formula is C18H25F2N3O3. The van der Waals surface area contributed by atoms with E-state index < -0.39 is 17.5 Å². The van der Waals surface area contributed by atoms with Crippen molar-refractivity contribution in [2.45, 2.75) is 13.3 Å². The van der Waals surface area contributed by atoms with E-state index >= 15 is 0 Å². The summed E-state index contributed by atoms with van der Waals surface area (Å²) in [5, 5.41) is 5.29. The van der Waals surface area contributed by atoms with E-state index in [1.54, 1.807) is 0 Å². The molecule has 1 aliphatic rings. The molecule has 0 aliphatic carbocycles. The Hall–Kier alpha value is -2.06. The maximum Gasteiger partial charge on any atom is 0.254 e. The van der Waals surface area contributed by atoms with Crippen LogP contribution in [0.1, 0.15) is 23.7 Å². The van der Waals surface area contributed by atoms with E-state index in [-0.39, 0.29) is 24.4 Å². The maximum atomic E-state index is 13.5. The van der Waals surface area contributed by atoms with E-state index in [0.717, 1.165) is 45.0 Å². The molecule has 1 heterocycles. The summed E-state index contributed by atoms with van der Waals surface area (Å²) >= 11 is 0. The molecule has 0 saturated carbocycles. The van der Waals surface area contributed by atoms with Crippen molar-refractivity contribution >= 4 is 11.8 Å². The van der Waals surface area contributed by atoms with Gasteiger partial charge in [0, 0.05) is 45.2 Å². The zero-order valence-electron chi connectivity index (χ0n) is 14.9. The summed E-state index contributed by atoms with van der Waals surface area (Å²) < 4.78 is 31.6. The molecule has 144 valence electrons. The van der Waals surface area contributed by atoms with Gasteiger partial charge in [-0.25, -0.2) is 8.78 Å². The van der Waals surface area contributed by atoms with Gasteiger partial charge in [0.1, 0.15) is 11.6 Å². The van der Waals surface area contributed by atoms with Crippen molar-refractivity contribution < 1.29 is 23.1 Å². The Kier molecular flexibility index (Phi) is 7.93. The summed E-state index contributed by atoms with van der Waals surface area (Å²) in [6, 6.07) is 2.74. The Morgan fingerprint density at radius 1 is 1.23 bits per heavy atom. The van der Waals surface area contributed by atoms with Crippen molar-refractivity contribution in [3.8, 4) is 0 Å². The Labute approximate surface area is 151 Å². The lowest BCUT2D eigenvalue weighted by molar-refractivity contribution is -0.121. The van der Waals surface area contributed by atoms with Crippen molar-refractivity contribution in [1.82, 2.24) is 15.5 Å². The third kappa shape index (κ3) is 6.68. The molecule has 1 atom stereocenters. The highest BCUT2D eigenvalue weighted by molar-refractivity contribution is 5.94. The van der Waals surface area contributed by atoms with Gasteiger partial charge >= 0.3 is 0 Å². The normalized spacial score (nSPS) is 16.1. The van der Waals surface area contributed by atoms with Crippen LogP contribution in [0.15, 0.2) is 18.2 Å². The maximum absolute atomic E-state index is 13.5. The van der Waals surface area contributed by atoms with E-state index in [1.165, 1.54) is 0 Å². The highest BCUT2D eigenvalue weighted by Crippen LogP contribution is 2.09. The second-order valence-corrected chi connectivity index (χ2v) is 6.45. The smallest absolute Gasteiger partial charge is 0.254 e. The average molecular weight is 369 g/mol. The minimum Gasteiger partial charge on any atom is -0.379 e.